The zero-order valence-corrected chi connectivity index (χ0v) is 16.0. The number of hydrogen-bond acceptors (Lipinski definition) is 5. The molecule has 2 aromatic carbocycles. The number of para-hydroxylation sites is 2. The Labute approximate surface area is 167 Å². The number of rotatable bonds is 7. The van der Waals surface area contributed by atoms with Crippen LogP contribution in [0.25, 0.3) is 10.9 Å². The largest absolute Gasteiger partial charge is 0.496 e. The molecule has 0 unspecified atom stereocenters. The summed E-state index contributed by atoms with van der Waals surface area (Å²) in [6, 6.07) is 16.1. The third-order valence-electron chi connectivity index (χ3n) is 4.15. The van der Waals surface area contributed by atoms with Gasteiger partial charge in [0.2, 0.25) is 0 Å². The molecule has 1 amide bonds. The van der Waals surface area contributed by atoms with Crippen LogP contribution < -0.4 is 10.1 Å². The zero-order chi connectivity index (χ0) is 19.9. The molecule has 0 aliphatic carbocycles. The van der Waals surface area contributed by atoms with E-state index in [9.17, 15) is 9.59 Å². The number of benzene rings is 2. The topological polar surface area (TPSA) is 77.5 Å². The first-order valence-corrected chi connectivity index (χ1v) is 9.07. The molecule has 0 saturated carbocycles. The molecule has 0 fully saturated rings. The first-order chi connectivity index (χ1) is 13.6. The number of aromatic nitrogens is 1. The molecule has 28 heavy (non-hydrogen) atoms. The molecule has 0 radical (unpaired) electrons. The van der Waals surface area contributed by atoms with Crippen molar-refractivity contribution in [1.29, 1.82) is 0 Å². The lowest BCUT2D eigenvalue weighted by molar-refractivity contribution is -0.124. The molecule has 144 valence electrons. The Morgan fingerprint density at radius 2 is 1.86 bits per heavy atom. The van der Waals surface area contributed by atoms with E-state index in [2.05, 4.69) is 10.3 Å². The standard InChI is InChI=1S/C21H19ClN2O4/c1-27-18-9-5-2-6-14(18)10-11-23-20(25)13-28-21(26)16-12-19(22)24-17-8-4-3-7-15(16)17/h2-9,12H,10-11,13H2,1H3,(H,23,25). The molecular weight excluding hydrogens is 380 g/mol. The van der Waals surface area contributed by atoms with Gasteiger partial charge in [0.05, 0.1) is 18.2 Å². The van der Waals surface area contributed by atoms with Gasteiger partial charge >= 0.3 is 5.97 Å². The number of nitrogens with one attached hydrogen (secondary N) is 1. The van der Waals surface area contributed by atoms with E-state index in [0.29, 0.717) is 23.9 Å². The SMILES string of the molecule is COc1ccccc1CCNC(=O)COC(=O)c1cc(Cl)nc2ccccc12. The van der Waals surface area contributed by atoms with Gasteiger partial charge in [-0.15, -0.1) is 0 Å². The maximum absolute atomic E-state index is 12.4. The van der Waals surface area contributed by atoms with Crippen LogP contribution in [0.2, 0.25) is 5.15 Å². The molecule has 7 heteroatoms. The van der Waals surface area contributed by atoms with Crippen molar-refractivity contribution in [3.05, 3.63) is 70.9 Å². The van der Waals surface area contributed by atoms with Crippen molar-refractivity contribution in [2.45, 2.75) is 6.42 Å². The highest BCUT2D eigenvalue weighted by atomic mass is 35.5. The van der Waals surface area contributed by atoms with E-state index in [-0.39, 0.29) is 23.2 Å². The average molecular weight is 399 g/mol. The second-order valence-electron chi connectivity index (χ2n) is 6.00. The number of ether oxygens (including phenoxy) is 2. The maximum Gasteiger partial charge on any atom is 0.339 e. The van der Waals surface area contributed by atoms with Gasteiger partial charge in [0.15, 0.2) is 6.61 Å². The predicted molar refractivity (Wildman–Crippen MR) is 107 cm³/mol. The summed E-state index contributed by atoms with van der Waals surface area (Å²) in [5, 5.41) is 3.53. The number of pyridine rings is 1. The smallest absolute Gasteiger partial charge is 0.339 e. The highest BCUT2D eigenvalue weighted by molar-refractivity contribution is 6.30. The van der Waals surface area contributed by atoms with E-state index in [4.69, 9.17) is 21.1 Å². The normalized spacial score (nSPS) is 10.5. The zero-order valence-electron chi connectivity index (χ0n) is 15.3. The van der Waals surface area contributed by atoms with E-state index in [1.807, 2.05) is 24.3 Å². The molecule has 0 aliphatic heterocycles. The van der Waals surface area contributed by atoms with E-state index >= 15 is 0 Å². The average Bonchev–Trinajstić information content (AvgIpc) is 2.71. The highest BCUT2D eigenvalue weighted by Gasteiger charge is 2.15. The Hall–Kier alpha value is -3.12. The number of amides is 1. The fourth-order valence-corrected chi connectivity index (χ4v) is 3.02. The molecule has 6 nitrogen and oxygen atoms in total. The molecule has 1 N–H and O–H groups in total. The van der Waals surface area contributed by atoms with Crippen LogP contribution in [0, 0.1) is 0 Å². The van der Waals surface area contributed by atoms with E-state index in [0.717, 1.165) is 11.3 Å². The number of esters is 1. The number of nitrogens with zero attached hydrogens (tertiary/aromatic N) is 1. The maximum atomic E-state index is 12.4. The second kappa shape index (κ2) is 9.19. The van der Waals surface area contributed by atoms with Crippen molar-refractivity contribution in [3.8, 4) is 5.75 Å². The molecular formula is C21H19ClN2O4. The summed E-state index contributed by atoms with van der Waals surface area (Å²) in [4.78, 5) is 28.6. The molecule has 1 aromatic heterocycles. The third-order valence-corrected chi connectivity index (χ3v) is 4.34. The van der Waals surface area contributed by atoms with Crippen LogP contribution in [-0.4, -0.2) is 37.1 Å². The first kappa shape index (κ1) is 19.6. The van der Waals surface area contributed by atoms with Crippen LogP contribution in [0.3, 0.4) is 0 Å². The van der Waals surface area contributed by atoms with E-state index < -0.39 is 5.97 Å². The fraction of sp³-hybridized carbons (Fsp3) is 0.190. The van der Waals surface area contributed by atoms with Crippen LogP contribution in [0.5, 0.6) is 5.75 Å². The third kappa shape index (κ3) is 4.78. The van der Waals surface area contributed by atoms with Gasteiger partial charge in [0.25, 0.3) is 5.91 Å². The van der Waals surface area contributed by atoms with Crippen LogP contribution in [-0.2, 0) is 16.0 Å². The number of carbonyl (C=O) groups excluding carboxylic acids is 2. The van der Waals surface area contributed by atoms with Crippen LogP contribution in [0.4, 0.5) is 0 Å². The molecule has 0 spiro atoms. The molecule has 1 heterocycles. The predicted octanol–water partition coefficient (Wildman–Crippen LogP) is 3.41. The van der Waals surface area contributed by atoms with Gasteiger partial charge in [0.1, 0.15) is 10.9 Å². The van der Waals surface area contributed by atoms with Crippen molar-refractivity contribution in [2.24, 2.45) is 0 Å². The minimum atomic E-state index is -0.625. The monoisotopic (exact) mass is 398 g/mol. The van der Waals surface area contributed by atoms with Gasteiger partial charge in [-0.05, 0) is 30.2 Å². The Morgan fingerprint density at radius 1 is 1.11 bits per heavy atom. The minimum Gasteiger partial charge on any atom is -0.496 e. The lowest BCUT2D eigenvalue weighted by atomic mass is 10.1. The van der Waals surface area contributed by atoms with Gasteiger partial charge in [0, 0.05) is 11.9 Å². The summed E-state index contributed by atoms with van der Waals surface area (Å²) >= 11 is 5.97. The number of carbonyl (C=O) groups is 2. The molecule has 0 saturated heterocycles. The van der Waals surface area contributed by atoms with Gasteiger partial charge < -0.3 is 14.8 Å². The molecule has 0 atom stereocenters. The fourth-order valence-electron chi connectivity index (χ4n) is 2.82. The molecule has 3 aromatic rings. The summed E-state index contributed by atoms with van der Waals surface area (Å²) in [5.74, 6) is -0.238. The summed E-state index contributed by atoms with van der Waals surface area (Å²) in [6.07, 6.45) is 0.605. The van der Waals surface area contributed by atoms with Crippen molar-refractivity contribution in [2.75, 3.05) is 20.3 Å². The molecule has 3 rings (SSSR count). The number of methoxy groups -OCH3 is 1. The van der Waals surface area contributed by atoms with Crippen LogP contribution >= 0.6 is 11.6 Å². The summed E-state index contributed by atoms with van der Waals surface area (Å²) < 4.78 is 10.4. The van der Waals surface area contributed by atoms with Gasteiger partial charge in [-0.1, -0.05) is 48.0 Å². The molecule has 0 bridgehead atoms. The van der Waals surface area contributed by atoms with Crippen molar-refractivity contribution >= 4 is 34.4 Å². The van der Waals surface area contributed by atoms with Crippen LogP contribution in [0.15, 0.2) is 54.6 Å². The first-order valence-electron chi connectivity index (χ1n) is 8.69. The minimum absolute atomic E-state index is 0.187. The van der Waals surface area contributed by atoms with Gasteiger partial charge in [-0.2, -0.15) is 0 Å². The summed E-state index contributed by atoms with van der Waals surface area (Å²) in [7, 11) is 1.60. The van der Waals surface area contributed by atoms with Crippen LogP contribution in [0.1, 0.15) is 15.9 Å². The quantitative estimate of drug-likeness (QED) is 0.487. The lowest BCUT2D eigenvalue weighted by Crippen LogP contribution is -2.30. The highest BCUT2D eigenvalue weighted by Crippen LogP contribution is 2.21. The second-order valence-corrected chi connectivity index (χ2v) is 6.38. The van der Waals surface area contributed by atoms with E-state index in [1.165, 1.54) is 6.07 Å². The Kier molecular flexibility index (Phi) is 6.45. The van der Waals surface area contributed by atoms with Gasteiger partial charge in [-0.25, -0.2) is 9.78 Å². The van der Waals surface area contributed by atoms with Crippen molar-refractivity contribution < 1.29 is 19.1 Å². The van der Waals surface area contributed by atoms with E-state index in [1.54, 1.807) is 31.4 Å². The molecule has 0 aliphatic rings. The number of fused-ring (bicyclic) bond motifs is 1. The summed E-state index contributed by atoms with van der Waals surface area (Å²) in [5.41, 5.74) is 1.85. The van der Waals surface area contributed by atoms with Gasteiger partial charge in [-0.3, -0.25) is 4.79 Å². The Balaban J connectivity index is 1.54. The lowest BCUT2D eigenvalue weighted by Gasteiger charge is -2.10. The summed E-state index contributed by atoms with van der Waals surface area (Å²) in [6.45, 7) is 0.0276. The Bertz CT molecular complexity index is 1010. The number of hydrogen-bond donors (Lipinski definition) is 1. The Morgan fingerprint density at radius 3 is 2.68 bits per heavy atom. The van der Waals surface area contributed by atoms with Crippen molar-refractivity contribution in [3.63, 3.8) is 0 Å². The number of halogens is 1. The van der Waals surface area contributed by atoms with Crippen molar-refractivity contribution in [1.82, 2.24) is 10.3 Å².